The molecule has 1 spiro atoms. The highest BCUT2D eigenvalue weighted by Gasteiger charge is 2.44. The number of aromatic nitrogens is 1. The van der Waals surface area contributed by atoms with Crippen molar-refractivity contribution in [2.45, 2.75) is 64.0 Å². The molecule has 2 atom stereocenters. The molecule has 0 aromatic carbocycles. The van der Waals surface area contributed by atoms with Crippen molar-refractivity contribution in [1.82, 2.24) is 10.3 Å². The molecule has 1 aliphatic heterocycles. The topological polar surface area (TPSA) is 34.2 Å². The van der Waals surface area contributed by atoms with E-state index in [9.17, 15) is 0 Å². The molecule has 1 N–H and O–H groups in total. The minimum absolute atomic E-state index is 0.213. The number of nitrogens with one attached hydrogen (secondary N) is 1. The van der Waals surface area contributed by atoms with E-state index in [1.807, 2.05) is 6.20 Å². The van der Waals surface area contributed by atoms with E-state index in [1.54, 1.807) is 0 Å². The SMILES string of the molecule is CCCNC(c1cccnc1C)C1CCOC2(CCC2)C1. The summed E-state index contributed by atoms with van der Waals surface area (Å²) in [5, 5.41) is 3.79. The van der Waals surface area contributed by atoms with Crippen LogP contribution < -0.4 is 5.32 Å². The van der Waals surface area contributed by atoms with Crippen LogP contribution in [0.2, 0.25) is 0 Å². The number of pyridine rings is 1. The maximum absolute atomic E-state index is 6.11. The van der Waals surface area contributed by atoms with Crippen LogP contribution in [-0.4, -0.2) is 23.7 Å². The molecule has 3 heteroatoms. The van der Waals surface area contributed by atoms with Gasteiger partial charge in [0.2, 0.25) is 0 Å². The van der Waals surface area contributed by atoms with Gasteiger partial charge in [0.1, 0.15) is 0 Å². The monoisotopic (exact) mass is 288 g/mol. The summed E-state index contributed by atoms with van der Waals surface area (Å²) in [5.41, 5.74) is 2.76. The summed E-state index contributed by atoms with van der Waals surface area (Å²) < 4.78 is 6.11. The summed E-state index contributed by atoms with van der Waals surface area (Å²) in [5.74, 6) is 0.675. The Morgan fingerprint density at radius 1 is 1.48 bits per heavy atom. The van der Waals surface area contributed by atoms with E-state index in [4.69, 9.17) is 4.74 Å². The quantitative estimate of drug-likeness (QED) is 0.895. The molecule has 116 valence electrons. The third kappa shape index (κ3) is 3.14. The van der Waals surface area contributed by atoms with Crippen molar-refractivity contribution in [3.05, 3.63) is 29.6 Å². The highest BCUT2D eigenvalue weighted by molar-refractivity contribution is 5.24. The van der Waals surface area contributed by atoms with Gasteiger partial charge in [-0.3, -0.25) is 4.98 Å². The summed E-state index contributed by atoms with van der Waals surface area (Å²) in [6.45, 7) is 6.36. The van der Waals surface area contributed by atoms with Crippen LogP contribution in [0.15, 0.2) is 18.3 Å². The van der Waals surface area contributed by atoms with E-state index in [-0.39, 0.29) is 5.60 Å². The van der Waals surface area contributed by atoms with Gasteiger partial charge in [-0.15, -0.1) is 0 Å². The average Bonchev–Trinajstić information content (AvgIpc) is 2.48. The second kappa shape index (κ2) is 6.45. The summed E-state index contributed by atoms with van der Waals surface area (Å²) in [6, 6.07) is 4.75. The van der Waals surface area contributed by atoms with Gasteiger partial charge < -0.3 is 10.1 Å². The van der Waals surface area contributed by atoms with Crippen molar-refractivity contribution in [2.75, 3.05) is 13.2 Å². The van der Waals surface area contributed by atoms with E-state index >= 15 is 0 Å². The first kappa shape index (κ1) is 15.0. The van der Waals surface area contributed by atoms with Gasteiger partial charge in [0.05, 0.1) is 5.60 Å². The fraction of sp³-hybridized carbons (Fsp3) is 0.722. The predicted octanol–water partition coefficient (Wildman–Crippen LogP) is 3.78. The molecule has 3 rings (SSSR count). The van der Waals surface area contributed by atoms with E-state index in [0.717, 1.165) is 19.6 Å². The molecule has 0 radical (unpaired) electrons. The Morgan fingerprint density at radius 2 is 2.33 bits per heavy atom. The average molecular weight is 288 g/mol. The van der Waals surface area contributed by atoms with Crippen LogP contribution in [0.3, 0.4) is 0 Å². The molecule has 1 saturated carbocycles. The molecule has 1 aromatic heterocycles. The molecule has 3 nitrogen and oxygen atoms in total. The van der Waals surface area contributed by atoms with Crippen LogP contribution in [0, 0.1) is 12.8 Å². The first-order valence-electron chi connectivity index (χ1n) is 8.53. The largest absolute Gasteiger partial charge is 0.375 e. The van der Waals surface area contributed by atoms with Crippen molar-refractivity contribution in [1.29, 1.82) is 0 Å². The molecule has 0 bridgehead atoms. The van der Waals surface area contributed by atoms with Gasteiger partial charge in [0.25, 0.3) is 0 Å². The van der Waals surface area contributed by atoms with E-state index in [0.29, 0.717) is 12.0 Å². The zero-order valence-corrected chi connectivity index (χ0v) is 13.4. The number of hydrogen-bond donors (Lipinski definition) is 1. The minimum Gasteiger partial charge on any atom is -0.375 e. The van der Waals surface area contributed by atoms with E-state index in [2.05, 4.69) is 36.3 Å². The number of rotatable bonds is 5. The third-order valence-corrected chi connectivity index (χ3v) is 5.26. The maximum Gasteiger partial charge on any atom is 0.0686 e. The third-order valence-electron chi connectivity index (χ3n) is 5.26. The molecule has 1 aliphatic carbocycles. The first-order valence-corrected chi connectivity index (χ1v) is 8.53. The Kier molecular flexibility index (Phi) is 4.60. The Bertz CT molecular complexity index is 470. The molecule has 2 fully saturated rings. The molecular weight excluding hydrogens is 260 g/mol. The molecule has 1 saturated heterocycles. The minimum atomic E-state index is 0.213. The van der Waals surface area contributed by atoms with Crippen molar-refractivity contribution in [3.63, 3.8) is 0 Å². The Balaban J connectivity index is 1.80. The second-order valence-corrected chi connectivity index (χ2v) is 6.75. The molecule has 2 unspecified atom stereocenters. The number of nitrogens with zero attached hydrogens (tertiary/aromatic N) is 1. The van der Waals surface area contributed by atoms with Gasteiger partial charge in [-0.05, 0) is 69.5 Å². The van der Waals surface area contributed by atoms with Gasteiger partial charge in [-0.1, -0.05) is 13.0 Å². The lowest BCUT2D eigenvalue weighted by atomic mass is 9.69. The van der Waals surface area contributed by atoms with Crippen molar-refractivity contribution in [3.8, 4) is 0 Å². The van der Waals surface area contributed by atoms with Crippen LogP contribution in [-0.2, 0) is 4.74 Å². The highest BCUT2D eigenvalue weighted by atomic mass is 16.5. The zero-order chi connectivity index (χ0) is 14.7. The standard InChI is InChI=1S/C18H28N2O/c1-3-10-20-17(16-6-4-11-19-14(16)2)15-7-12-21-18(13-15)8-5-9-18/h4,6,11,15,17,20H,3,5,7-10,12-13H2,1-2H3. The van der Waals surface area contributed by atoms with Crippen molar-refractivity contribution < 1.29 is 4.74 Å². The lowest BCUT2D eigenvalue weighted by molar-refractivity contribution is -0.147. The lowest BCUT2D eigenvalue weighted by Gasteiger charge is -2.49. The van der Waals surface area contributed by atoms with Gasteiger partial charge in [-0.2, -0.15) is 0 Å². The predicted molar refractivity (Wildman–Crippen MR) is 85.3 cm³/mol. The number of aryl methyl sites for hydroxylation is 1. The van der Waals surface area contributed by atoms with E-state index < -0.39 is 0 Å². The summed E-state index contributed by atoms with van der Waals surface area (Å²) in [7, 11) is 0. The van der Waals surface area contributed by atoms with Crippen LogP contribution in [0.25, 0.3) is 0 Å². The Labute approximate surface area is 128 Å². The first-order chi connectivity index (χ1) is 10.2. The Morgan fingerprint density at radius 3 is 3.00 bits per heavy atom. The molecule has 2 heterocycles. The number of ether oxygens (including phenoxy) is 1. The Hall–Kier alpha value is -0.930. The second-order valence-electron chi connectivity index (χ2n) is 6.75. The highest BCUT2D eigenvalue weighted by Crippen LogP contribution is 2.47. The summed E-state index contributed by atoms with van der Waals surface area (Å²) >= 11 is 0. The van der Waals surface area contributed by atoms with Gasteiger partial charge in [0.15, 0.2) is 0 Å². The number of hydrogen-bond acceptors (Lipinski definition) is 3. The van der Waals surface area contributed by atoms with Crippen molar-refractivity contribution >= 4 is 0 Å². The van der Waals surface area contributed by atoms with Gasteiger partial charge in [0, 0.05) is 24.5 Å². The van der Waals surface area contributed by atoms with Crippen LogP contribution >= 0.6 is 0 Å². The normalized spacial score (nSPS) is 25.5. The fourth-order valence-corrected chi connectivity index (χ4v) is 3.93. The van der Waals surface area contributed by atoms with Crippen LogP contribution in [0.1, 0.15) is 62.7 Å². The zero-order valence-electron chi connectivity index (χ0n) is 13.4. The maximum atomic E-state index is 6.11. The van der Waals surface area contributed by atoms with Crippen molar-refractivity contribution in [2.24, 2.45) is 5.92 Å². The van der Waals surface area contributed by atoms with E-state index in [1.165, 1.54) is 43.4 Å². The molecule has 0 amide bonds. The van der Waals surface area contributed by atoms with Gasteiger partial charge in [-0.25, -0.2) is 0 Å². The smallest absolute Gasteiger partial charge is 0.0686 e. The molecule has 21 heavy (non-hydrogen) atoms. The van der Waals surface area contributed by atoms with Gasteiger partial charge >= 0.3 is 0 Å². The summed E-state index contributed by atoms with van der Waals surface area (Å²) in [6.07, 6.45) is 9.30. The van der Waals surface area contributed by atoms with Crippen LogP contribution in [0.4, 0.5) is 0 Å². The molecular formula is C18H28N2O. The molecule has 1 aromatic rings. The lowest BCUT2D eigenvalue weighted by Crippen LogP contribution is -2.48. The molecule has 2 aliphatic rings. The fourth-order valence-electron chi connectivity index (χ4n) is 3.93. The summed E-state index contributed by atoms with van der Waals surface area (Å²) in [4.78, 5) is 4.50. The van der Waals surface area contributed by atoms with Crippen LogP contribution in [0.5, 0.6) is 0 Å².